The second kappa shape index (κ2) is 9.60. The summed E-state index contributed by atoms with van der Waals surface area (Å²) in [6.07, 6.45) is 4.41. The Kier molecular flexibility index (Phi) is 6.60. The molecule has 0 spiro atoms. The highest BCUT2D eigenvalue weighted by Crippen LogP contribution is 2.51. The third-order valence-corrected chi connectivity index (χ3v) is 10.5. The Morgan fingerprint density at radius 2 is 1.90 bits per heavy atom. The van der Waals surface area contributed by atoms with Gasteiger partial charge in [0.15, 0.2) is 0 Å². The lowest BCUT2D eigenvalue weighted by Gasteiger charge is -2.21. The molecule has 210 valence electrons. The fourth-order valence-corrected chi connectivity index (χ4v) is 7.96. The molecular weight excluding hydrogens is 536 g/mol. The molecule has 3 aromatic heterocycles. The molecule has 3 fully saturated rings. The van der Waals surface area contributed by atoms with Crippen molar-refractivity contribution < 1.29 is 18.6 Å². The lowest BCUT2D eigenvalue weighted by Crippen LogP contribution is -2.36. The molecule has 0 aromatic carbocycles. The van der Waals surface area contributed by atoms with Crippen LogP contribution in [0.15, 0.2) is 12.3 Å². The Morgan fingerprint density at radius 1 is 1.15 bits per heavy atom. The number of pyridine rings is 1. The first kappa shape index (κ1) is 26.8. The van der Waals surface area contributed by atoms with Crippen LogP contribution in [0.1, 0.15) is 56.8 Å². The van der Waals surface area contributed by atoms with Crippen LogP contribution in [-0.4, -0.2) is 75.4 Å². The standard InChI is InChI=1S/C27H36N6O4S2/c1-13-19(25-32-21-18(38-25)7-8-28-20(21)14-5-6-14)24(33-26(30-13)29-11-16-10-27(16,2)3)31-17-9-15(12-39(4,36)37)22(34)23(17)35/h7-8,14-17,22-23,34-35H,5-6,9-12H2,1-4H3,(H2,29,30,31,33)/t15-,16?,17?,22-,23+/m1/s1. The predicted octanol–water partition coefficient (Wildman–Crippen LogP) is 3.36. The Bertz CT molecular complexity index is 1520. The van der Waals surface area contributed by atoms with Crippen molar-refractivity contribution in [3.05, 3.63) is 23.7 Å². The van der Waals surface area contributed by atoms with Crippen LogP contribution in [0.2, 0.25) is 0 Å². The lowest BCUT2D eigenvalue weighted by molar-refractivity contribution is 0.0216. The number of anilines is 2. The molecule has 4 N–H and O–H groups in total. The summed E-state index contributed by atoms with van der Waals surface area (Å²) < 4.78 is 24.9. The van der Waals surface area contributed by atoms with Crippen molar-refractivity contribution >= 4 is 43.2 Å². The van der Waals surface area contributed by atoms with Crippen molar-refractivity contribution in [1.82, 2.24) is 19.9 Å². The zero-order chi connectivity index (χ0) is 27.7. The normalized spacial score (nSPS) is 28.1. The number of rotatable bonds is 9. The molecule has 10 nitrogen and oxygen atoms in total. The van der Waals surface area contributed by atoms with Gasteiger partial charge in [-0.1, -0.05) is 13.8 Å². The summed E-state index contributed by atoms with van der Waals surface area (Å²) in [4.78, 5) is 19.2. The van der Waals surface area contributed by atoms with E-state index in [0.29, 0.717) is 35.4 Å². The molecule has 3 heterocycles. The van der Waals surface area contributed by atoms with Gasteiger partial charge in [0.2, 0.25) is 5.95 Å². The maximum absolute atomic E-state index is 11.9. The van der Waals surface area contributed by atoms with Crippen molar-refractivity contribution in [3.8, 4) is 10.6 Å². The van der Waals surface area contributed by atoms with Gasteiger partial charge >= 0.3 is 0 Å². The molecular formula is C27H36N6O4S2. The molecule has 0 aliphatic heterocycles. The van der Waals surface area contributed by atoms with E-state index < -0.39 is 34.0 Å². The third kappa shape index (κ3) is 5.48. The second-order valence-electron chi connectivity index (χ2n) is 12.3. The lowest BCUT2D eigenvalue weighted by atomic mass is 10.1. The summed E-state index contributed by atoms with van der Waals surface area (Å²) in [5, 5.41) is 29.0. The van der Waals surface area contributed by atoms with Crippen LogP contribution in [0.4, 0.5) is 11.8 Å². The SMILES string of the molecule is Cc1nc(NCC2CC2(C)C)nc(NC2C[C@H](CS(C)(=O)=O)[C@@H](O)[C@H]2O)c1-c1nc2c(C3CC3)nccc2s1. The van der Waals surface area contributed by atoms with Crippen LogP contribution < -0.4 is 10.6 Å². The van der Waals surface area contributed by atoms with Crippen LogP contribution in [0, 0.1) is 24.2 Å². The van der Waals surface area contributed by atoms with Crippen LogP contribution in [0.5, 0.6) is 0 Å². The fourth-order valence-electron chi connectivity index (χ4n) is 5.79. The van der Waals surface area contributed by atoms with E-state index in [9.17, 15) is 18.6 Å². The van der Waals surface area contributed by atoms with Crippen molar-refractivity contribution in [2.24, 2.45) is 17.3 Å². The second-order valence-corrected chi connectivity index (χ2v) is 15.5. The quantitative estimate of drug-likeness (QED) is 0.301. The Hall–Kier alpha value is -2.41. The summed E-state index contributed by atoms with van der Waals surface area (Å²) >= 11 is 1.56. The number of aliphatic hydroxyl groups is 2. The molecule has 2 unspecified atom stereocenters. The van der Waals surface area contributed by atoms with Gasteiger partial charge in [-0.2, -0.15) is 4.98 Å². The van der Waals surface area contributed by atoms with Gasteiger partial charge in [-0.05, 0) is 50.0 Å². The summed E-state index contributed by atoms with van der Waals surface area (Å²) in [6, 6.07) is 1.40. The number of fused-ring (bicyclic) bond motifs is 1. The van der Waals surface area contributed by atoms with Crippen molar-refractivity contribution in [3.63, 3.8) is 0 Å². The number of sulfone groups is 1. The summed E-state index contributed by atoms with van der Waals surface area (Å²) in [6.45, 7) is 7.19. The zero-order valence-corrected chi connectivity index (χ0v) is 24.3. The van der Waals surface area contributed by atoms with Gasteiger partial charge in [0, 0.05) is 30.8 Å². The number of aryl methyl sites for hydroxylation is 1. The monoisotopic (exact) mass is 572 g/mol. The van der Waals surface area contributed by atoms with Crippen molar-refractivity contribution in [2.75, 3.05) is 29.2 Å². The minimum absolute atomic E-state index is 0.183. The van der Waals surface area contributed by atoms with Crippen LogP contribution >= 0.6 is 11.3 Å². The zero-order valence-electron chi connectivity index (χ0n) is 22.7. The molecule has 0 radical (unpaired) electrons. The molecule has 6 rings (SSSR count). The largest absolute Gasteiger partial charge is 0.390 e. The minimum atomic E-state index is -3.31. The van der Waals surface area contributed by atoms with E-state index in [2.05, 4.69) is 29.5 Å². The highest BCUT2D eigenvalue weighted by molar-refractivity contribution is 7.90. The van der Waals surface area contributed by atoms with Gasteiger partial charge in [-0.15, -0.1) is 11.3 Å². The van der Waals surface area contributed by atoms with E-state index in [1.807, 2.05) is 19.2 Å². The number of aromatic nitrogens is 4. The number of thiazole rings is 1. The molecule has 3 saturated carbocycles. The highest BCUT2D eigenvalue weighted by Gasteiger charge is 2.45. The Morgan fingerprint density at radius 3 is 2.56 bits per heavy atom. The predicted molar refractivity (Wildman–Crippen MR) is 153 cm³/mol. The Labute approximate surface area is 232 Å². The highest BCUT2D eigenvalue weighted by atomic mass is 32.2. The van der Waals surface area contributed by atoms with Gasteiger partial charge in [-0.3, -0.25) is 4.98 Å². The smallest absolute Gasteiger partial charge is 0.224 e. The first-order valence-corrected chi connectivity index (χ1v) is 16.5. The van der Waals surface area contributed by atoms with Gasteiger partial charge < -0.3 is 20.8 Å². The Balaban J connectivity index is 1.35. The van der Waals surface area contributed by atoms with Gasteiger partial charge in [-0.25, -0.2) is 18.4 Å². The number of aliphatic hydroxyl groups excluding tert-OH is 2. The average Bonchev–Trinajstić information content (AvgIpc) is 3.72. The maximum atomic E-state index is 11.9. The minimum Gasteiger partial charge on any atom is -0.390 e. The van der Waals surface area contributed by atoms with Crippen LogP contribution in [-0.2, 0) is 9.84 Å². The number of nitrogens with zero attached hydrogens (tertiary/aromatic N) is 4. The van der Waals surface area contributed by atoms with Gasteiger partial charge in [0.05, 0.1) is 39.5 Å². The summed E-state index contributed by atoms with van der Waals surface area (Å²) in [5.41, 5.74) is 3.74. The first-order chi connectivity index (χ1) is 18.4. The van der Waals surface area contributed by atoms with Crippen LogP contribution in [0.25, 0.3) is 20.8 Å². The number of hydrogen-bond donors (Lipinski definition) is 4. The fraction of sp³-hybridized carbons (Fsp3) is 0.630. The molecule has 0 amide bonds. The van der Waals surface area contributed by atoms with Gasteiger partial charge in [0.1, 0.15) is 32.3 Å². The maximum Gasteiger partial charge on any atom is 0.224 e. The van der Waals surface area contributed by atoms with Crippen molar-refractivity contribution in [1.29, 1.82) is 0 Å². The molecule has 5 atom stereocenters. The molecule has 12 heteroatoms. The third-order valence-electron chi connectivity index (χ3n) is 8.47. The number of hydrogen-bond acceptors (Lipinski definition) is 11. The summed E-state index contributed by atoms with van der Waals surface area (Å²) in [7, 11) is -3.31. The topological polar surface area (TPSA) is 150 Å². The van der Waals surface area contributed by atoms with Crippen molar-refractivity contribution in [2.45, 2.75) is 70.6 Å². The molecule has 3 aliphatic rings. The molecule has 0 saturated heterocycles. The molecule has 3 aromatic rings. The van der Waals surface area contributed by atoms with E-state index in [0.717, 1.165) is 64.2 Å². The summed E-state index contributed by atoms with van der Waals surface area (Å²) in [5.74, 6) is 1.26. The van der Waals surface area contributed by atoms with E-state index in [1.54, 1.807) is 11.3 Å². The molecule has 0 bridgehead atoms. The number of nitrogens with one attached hydrogen (secondary N) is 2. The van der Waals surface area contributed by atoms with E-state index >= 15 is 0 Å². The molecule has 39 heavy (non-hydrogen) atoms. The van der Waals surface area contributed by atoms with E-state index in [1.165, 1.54) is 0 Å². The van der Waals surface area contributed by atoms with Crippen LogP contribution in [0.3, 0.4) is 0 Å². The van der Waals surface area contributed by atoms with Gasteiger partial charge in [0.25, 0.3) is 0 Å². The van der Waals surface area contributed by atoms with E-state index in [4.69, 9.17) is 15.0 Å². The molecule has 3 aliphatic carbocycles. The first-order valence-electron chi connectivity index (χ1n) is 13.6. The average molecular weight is 573 g/mol. The van der Waals surface area contributed by atoms with E-state index in [-0.39, 0.29) is 5.75 Å².